The van der Waals surface area contributed by atoms with Crippen molar-refractivity contribution >= 4 is 24.4 Å². The first-order valence-corrected chi connectivity index (χ1v) is 11.2. The molecule has 1 aliphatic heterocycles. The zero-order chi connectivity index (χ0) is 22.6. The molecule has 0 aliphatic carbocycles. The van der Waals surface area contributed by atoms with Crippen molar-refractivity contribution in [3.05, 3.63) is 59.2 Å². The number of amides is 2. The summed E-state index contributed by atoms with van der Waals surface area (Å²) in [6.07, 6.45) is 1.45. The van der Waals surface area contributed by atoms with E-state index in [0.29, 0.717) is 23.5 Å². The molecule has 2 amide bonds. The summed E-state index contributed by atoms with van der Waals surface area (Å²) in [7, 11) is 0. The predicted octanol–water partition coefficient (Wildman–Crippen LogP) is 4.38. The number of likely N-dealkylation sites (tertiary alicyclic amines) is 1. The summed E-state index contributed by atoms with van der Waals surface area (Å²) < 4.78 is 5.93. The highest BCUT2D eigenvalue weighted by Crippen LogP contribution is 2.32. The molecule has 6 heteroatoms. The van der Waals surface area contributed by atoms with Gasteiger partial charge in [0.05, 0.1) is 5.56 Å². The summed E-state index contributed by atoms with van der Waals surface area (Å²) in [5, 5.41) is 3.07. The lowest BCUT2D eigenvalue weighted by molar-refractivity contribution is -0.134. The maximum absolute atomic E-state index is 12.7. The summed E-state index contributed by atoms with van der Waals surface area (Å²) in [4.78, 5) is 27.7. The second-order valence-electron chi connectivity index (χ2n) is 9.18. The molecule has 0 saturated carbocycles. The van der Waals surface area contributed by atoms with Crippen LogP contribution >= 0.6 is 12.6 Å². The molecule has 1 heterocycles. The van der Waals surface area contributed by atoms with Crippen LogP contribution in [0.3, 0.4) is 0 Å². The van der Waals surface area contributed by atoms with Gasteiger partial charge in [0.1, 0.15) is 5.75 Å². The lowest BCUT2D eigenvalue weighted by Crippen LogP contribution is -2.47. The van der Waals surface area contributed by atoms with Crippen LogP contribution in [-0.4, -0.2) is 42.5 Å². The van der Waals surface area contributed by atoms with Crippen molar-refractivity contribution in [3.8, 4) is 5.75 Å². The summed E-state index contributed by atoms with van der Waals surface area (Å²) in [5.41, 5.74) is 2.79. The first-order valence-electron chi connectivity index (χ1n) is 10.8. The largest absolute Gasteiger partial charge is 0.483 e. The number of hydrogen-bond donors (Lipinski definition) is 2. The van der Waals surface area contributed by atoms with Crippen LogP contribution in [0.15, 0.2) is 47.4 Å². The average Bonchev–Trinajstić information content (AvgIpc) is 2.72. The lowest BCUT2D eigenvalue weighted by Gasteiger charge is -2.32. The Morgan fingerprint density at radius 2 is 1.81 bits per heavy atom. The van der Waals surface area contributed by atoms with Crippen molar-refractivity contribution in [2.75, 3.05) is 19.7 Å². The van der Waals surface area contributed by atoms with Gasteiger partial charge < -0.3 is 15.0 Å². The smallest absolute Gasteiger partial charge is 0.260 e. The average molecular weight is 441 g/mol. The Morgan fingerprint density at radius 3 is 2.45 bits per heavy atom. The van der Waals surface area contributed by atoms with E-state index in [1.165, 1.54) is 5.56 Å². The number of aryl methyl sites for hydroxylation is 1. The van der Waals surface area contributed by atoms with Gasteiger partial charge in [0.2, 0.25) is 0 Å². The first-order chi connectivity index (χ1) is 14.6. The number of hydrogen-bond acceptors (Lipinski definition) is 4. The van der Waals surface area contributed by atoms with Gasteiger partial charge in [0.15, 0.2) is 6.61 Å². The van der Waals surface area contributed by atoms with Gasteiger partial charge in [0, 0.05) is 24.0 Å². The second-order valence-corrected chi connectivity index (χ2v) is 9.67. The van der Waals surface area contributed by atoms with Crippen molar-refractivity contribution in [1.82, 2.24) is 10.2 Å². The fraction of sp³-hybridized carbons (Fsp3) is 0.440. The molecule has 1 N–H and O–H groups in total. The molecule has 2 aromatic carbocycles. The number of nitrogens with zero attached hydrogens (tertiary/aromatic N) is 1. The van der Waals surface area contributed by atoms with Gasteiger partial charge in [-0.2, -0.15) is 0 Å². The zero-order valence-electron chi connectivity index (χ0n) is 18.8. The van der Waals surface area contributed by atoms with Gasteiger partial charge in [-0.1, -0.05) is 50.6 Å². The molecular weight excluding hydrogens is 408 g/mol. The zero-order valence-corrected chi connectivity index (χ0v) is 19.7. The van der Waals surface area contributed by atoms with E-state index in [-0.39, 0.29) is 29.9 Å². The number of ether oxygens (including phenoxy) is 1. The molecule has 5 nitrogen and oxygen atoms in total. The van der Waals surface area contributed by atoms with Gasteiger partial charge in [-0.25, -0.2) is 0 Å². The van der Waals surface area contributed by atoms with E-state index >= 15 is 0 Å². The van der Waals surface area contributed by atoms with Crippen LogP contribution in [0.25, 0.3) is 0 Å². The standard InChI is InChI=1S/C25H32N2O3S/c1-17-9-10-21(20(15-17)25(2,3)4)30-16-23(28)27-13-11-18(12-14-27)26-24(29)19-7-5-6-8-22(19)31/h5-10,15,18,31H,11-14,16H2,1-4H3,(H,26,29). The quantitative estimate of drug-likeness (QED) is 0.679. The van der Waals surface area contributed by atoms with E-state index in [4.69, 9.17) is 4.74 Å². The normalized spacial score (nSPS) is 14.9. The third-order valence-electron chi connectivity index (χ3n) is 5.63. The number of piperidine rings is 1. The molecular formula is C25H32N2O3S. The van der Waals surface area contributed by atoms with Crippen LogP contribution in [0.5, 0.6) is 5.75 Å². The summed E-state index contributed by atoms with van der Waals surface area (Å²) in [5.74, 6) is 0.623. The van der Waals surface area contributed by atoms with Crippen LogP contribution in [0.4, 0.5) is 0 Å². The molecule has 0 radical (unpaired) electrons. The first kappa shape index (κ1) is 23.2. The van der Waals surface area contributed by atoms with Gasteiger partial charge in [0.25, 0.3) is 11.8 Å². The van der Waals surface area contributed by atoms with Crippen molar-refractivity contribution in [2.45, 2.75) is 56.9 Å². The number of rotatable bonds is 5. The molecule has 3 rings (SSSR count). The lowest BCUT2D eigenvalue weighted by atomic mass is 9.85. The Hall–Kier alpha value is -2.47. The monoisotopic (exact) mass is 440 g/mol. The van der Waals surface area contributed by atoms with Crippen molar-refractivity contribution in [3.63, 3.8) is 0 Å². The maximum atomic E-state index is 12.7. The molecule has 2 aromatic rings. The third kappa shape index (κ3) is 6.03. The molecule has 1 saturated heterocycles. The van der Waals surface area contributed by atoms with Gasteiger partial charge in [-0.05, 0) is 48.9 Å². The number of nitrogens with one attached hydrogen (secondary N) is 1. The van der Waals surface area contributed by atoms with Crippen molar-refractivity contribution in [1.29, 1.82) is 0 Å². The molecule has 0 atom stereocenters. The minimum absolute atomic E-state index is 0.0223. The van der Waals surface area contributed by atoms with Crippen molar-refractivity contribution in [2.24, 2.45) is 0 Å². The Morgan fingerprint density at radius 1 is 1.13 bits per heavy atom. The molecule has 31 heavy (non-hydrogen) atoms. The number of carbonyl (C=O) groups is 2. The minimum atomic E-state index is -0.118. The Labute approximate surface area is 190 Å². The minimum Gasteiger partial charge on any atom is -0.483 e. The van der Waals surface area contributed by atoms with Gasteiger partial charge in [-0.15, -0.1) is 12.6 Å². The predicted molar refractivity (Wildman–Crippen MR) is 126 cm³/mol. The highest BCUT2D eigenvalue weighted by molar-refractivity contribution is 7.80. The molecule has 1 fully saturated rings. The van der Waals surface area contributed by atoms with E-state index in [2.05, 4.69) is 51.7 Å². The Bertz CT molecular complexity index is 944. The molecule has 1 aliphatic rings. The molecule has 0 unspecified atom stereocenters. The molecule has 0 bridgehead atoms. The summed E-state index contributed by atoms with van der Waals surface area (Å²) in [6.45, 7) is 9.72. The van der Waals surface area contributed by atoms with Gasteiger partial charge >= 0.3 is 0 Å². The van der Waals surface area contributed by atoms with E-state index in [1.807, 2.05) is 29.2 Å². The Balaban J connectivity index is 1.51. The van der Waals surface area contributed by atoms with Crippen LogP contribution in [0.2, 0.25) is 0 Å². The second kappa shape index (κ2) is 9.77. The Kier molecular flexibility index (Phi) is 7.31. The third-order valence-corrected chi connectivity index (χ3v) is 6.02. The fourth-order valence-corrected chi connectivity index (χ4v) is 4.05. The fourth-order valence-electron chi connectivity index (χ4n) is 3.79. The van der Waals surface area contributed by atoms with E-state index in [9.17, 15) is 9.59 Å². The summed E-state index contributed by atoms with van der Waals surface area (Å²) in [6, 6.07) is 13.4. The maximum Gasteiger partial charge on any atom is 0.260 e. The van der Waals surface area contributed by atoms with Crippen molar-refractivity contribution < 1.29 is 14.3 Å². The topological polar surface area (TPSA) is 58.6 Å². The highest BCUT2D eigenvalue weighted by Gasteiger charge is 2.25. The van der Waals surface area contributed by atoms with E-state index < -0.39 is 0 Å². The highest BCUT2D eigenvalue weighted by atomic mass is 32.1. The van der Waals surface area contributed by atoms with Gasteiger partial charge in [-0.3, -0.25) is 9.59 Å². The van der Waals surface area contributed by atoms with Crippen LogP contribution in [0, 0.1) is 6.92 Å². The molecule has 0 aromatic heterocycles. The molecule has 166 valence electrons. The number of benzene rings is 2. The summed E-state index contributed by atoms with van der Waals surface area (Å²) >= 11 is 4.35. The van der Waals surface area contributed by atoms with E-state index in [0.717, 1.165) is 24.2 Å². The van der Waals surface area contributed by atoms with Crippen LogP contribution < -0.4 is 10.1 Å². The van der Waals surface area contributed by atoms with E-state index in [1.54, 1.807) is 12.1 Å². The molecule has 0 spiro atoms. The van der Waals surface area contributed by atoms with Crippen LogP contribution in [-0.2, 0) is 10.2 Å². The number of carbonyl (C=O) groups excluding carboxylic acids is 2. The number of thiol groups is 1. The van der Waals surface area contributed by atoms with Crippen LogP contribution in [0.1, 0.15) is 55.1 Å². The SMILES string of the molecule is Cc1ccc(OCC(=O)N2CCC(NC(=O)c3ccccc3S)CC2)c(C(C)(C)C)c1.